The molecule has 0 N–H and O–H groups in total. The van der Waals surface area contributed by atoms with E-state index in [4.69, 9.17) is 0 Å². The number of hydrogen-bond donors (Lipinski definition) is 0. The highest BCUT2D eigenvalue weighted by atomic mass is 16.2. The summed E-state index contributed by atoms with van der Waals surface area (Å²) in [4.78, 5) is 18.6. The maximum Gasteiger partial charge on any atom is 0.324 e. The van der Waals surface area contributed by atoms with Crippen molar-refractivity contribution < 1.29 is 4.79 Å². The molecule has 1 aromatic rings. The largest absolute Gasteiger partial charge is 0.324 e. The zero-order chi connectivity index (χ0) is 13.8. The van der Waals surface area contributed by atoms with Gasteiger partial charge in [-0.3, -0.25) is 4.90 Å². The molecule has 0 atom stereocenters. The first kappa shape index (κ1) is 13.9. The SMILES string of the molecule is CCN(C(=O)N1CCN(C)CC1)c1ccc(C)cc1. The van der Waals surface area contributed by atoms with E-state index < -0.39 is 0 Å². The van der Waals surface area contributed by atoms with Crippen LogP contribution in [0.5, 0.6) is 0 Å². The molecule has 1 aromatic carbocycles. The highest BCUT2D eigenvalue weighted by Gasteiger charge is 2.23. The average Bonchev–Trinajstić information content (AvgIpc) is 2.42. The van der Waals surface area contributed by atoms with Crippen LogP contribution in [0, 0.1) is 6.92 Å². The van der Waals surface area contributed by atoms with Crippen molar-refractivity contribution >= 4 is 11.7 Å². The van der Waals surface area contributed by atoms with E-state index in [1.807, 2.05) is 28.9 Å². The van der Waals surface area contributed by atoms with E-state index in [2.05, 4.69) is 31.0 Å². The number of amides is 2. The van der Waals surface area contributed by atoms with Gasteiger partial charge >= 0.3 is 6.03 Å². The first-order chi connectivity index (χ1) is 9.11. The summed E-state index contributed by atoms with van der Waals surface area (Å²) in [6, 6.07) is 8.27. The molecule has 1 fully saturated rings. The van der Waals surface area contributed by atoms with Crippen LogP contribution in [-0.2, 0) is 0 Å². The van der Waals surface area contributed by atoms with Crippen molar-refractivity contribution in [2.45, 2.75) is 13.8 Å². The molecule has 2 rings (SSSR count). The minimum absolute atomic E-state index is 0.124. The molecule has 1 aliphatic heterocycles. The highest BCUT2D eigenvalue weighted by molar-refractivity contribution is 5.92. The summed E-state index contributed by atoms with van der Waals surface area (Å²) in [5.41, 5.74) is 2.20. The maximum atomic E-state index is 12.6. The minimum atomic E-state index is 0.124. The van der Waals surface area contributed by atoms with Crippen LogP contribution >= 0.6 is 0 Å². The van der Waals surface area contributed by atoms with Gasteiger partial charge < -0.3 is 9.80 Å². The molecular formula is C15H23N3O. The Morgan fingerprint density at radius 3 is 2.26 bits per heavy atom. The fourth-order valence-corrected chi connectivity index (χ4v) is 2.32. The summed E-state index contributed by atoms with van der Waals surface area (Å²) >= 11 is 0. The summed E-state index contributed by atoms with van der Waals surface area (Å²) < 4.78 is 0. The molecule has 1 aliphatic rings. The second-order valence-corrected chi connectivity index (χ2v) is 5.15. The summed E-state index contributed by atoms with van der Waals surface area (Å²) in [5, 5.41) is 0. The summed E-state index contributed by atoms with van der Waals surface area (Å²) in [6.07, 6.45) is 0. The van der Waals surface area contributed by atoms with Gasteiger partial charge in [0.2, 0.25) is 0 Å². The van der Waals surface area contributed by atoms with E-state index in [0.29, 0.717) is 6.54 Å². The number of piperazine rings is 1. The van der Waals surface area contributed by atoms with Crippen molar-refractivity contribution in [2.75, 3.05) is 44.7 Å². The standard InChI is InChI=1S/C15H23N3O/c1-4-18(14-7-5-13(2)6-8-14)15(19)17-11-9-16(3)10-12-17/h5-8H,4,9-12H2,1-3H3. The minimum Gasteiger partial charge on any atom is -0.322 e. The predicted octanol–water partition coefficient (Wildman–Crippen LogP) is 2.19. The third-order valence-electron chi connectivity index (χ3n) is 3.67. The van der Waals surface area contributed by atoms with Crippen LogP contribution in [0.4, 0.5) is 10.5 Å². The molecule has 0 aromatic heterocycles. The number of anilines is 1. The summed E-state index contributed by atoms with van der Waals surface area (Å²) in [5.74, 6) is 0. The van der Waals surface area contributed by atoms with Gasteiger partial charge in [0, 0.05) is 38.4 Å². The van der Waals surface area contributed by atoms with E-state index >= 15 is 0 Å². The first-order valence-electron chi connectivity index (χ1n) is 6.93. The molecule has 4 heteroatoms. The van der Waals surface area contributed by atoms with E-state index in [9.17, 15) is 4.79 Å². The van der Waals surface area contributed by atoms with Gasteiger partial charge in [0.1, 0.15) is 0 Å². The fourth-order valence-electron chi connectivity index (χ4n) is 2.32. The molecule has 1 saturated heterocycles. The lowest BCUT2D eigenvalue weighted by atomic mass is 10.2. The third-order valence-corrected chi connectivity index (χ3v) is 3.67. The zero-order valence-electron chi connectivity index (χ0n) is 12.1. The van der Waals surface area contributed by atoms with Crippen LogP contribution in [0.2, 0.25) is 0 Å². The van der Waals surface area contributed by atoms with Crippen molar-refractivity contribution in [2.24, 2.45) is 0 Å². The number of carbonyl (C=O) groups is 1. The Morgan fingerprint density at radius 2 is 1.74 bits per heavy atom. The molecule has 0 aliphatic carbocycles. The van der Waals surface area contributed by atoms with Gasteiger partial charge in [-0.15, -0.1) is 0 Å². The van der Waals surface area contributed by atoms with Gasteiger partial charge in [0.25, 0.3) is 0 Å². The van der Waals surface area contributed by atoms with E-state index in [1.165, 1.54) is 5.56 Å². The summed E-state index contributed by atoms with van der Waals surface area (Å²) in [6.45, 7) is 8.33. The molecule has 4 nitrogen and oxygen atoms in total. The Balaban J connectivity index is 2.08. The molecule has 1 heterocycles. The second kappa shape index (κ2) is 6.06. The molecular weight excluding hydrogens is 238 g/mol. The van der Waals surface area contributed by atoms with Crippen molar-refractivity contribution in [3.8, 4) is 0 Å². The quantitative estimate of drug-likeness (QED) is 0.816. The number of aryl methyl sites for hydroxylation is 1. The van der Waals surface area contributed by atoms with Gasteiger partial charge in [-0.1, -0.05) is 17.7 Å². The molecule has 19 heavy (non-hydrogen) atoms. The Hall–Kier alpha value is -1.55. The van der Waals surface area contributed by atoms with Crippen LogP contribution < -0.4 is 4.90 Å². The highest BCUT2D eigenvalue weighted by Crippen LogP contribution is 2.17. The Morgan fingerprint density at radius 1 is 1.16 bits per heavy atom. The molecule has 0 saturated carbocycles. The van der Waals surface area contributed by atoms with Gasteiger partial charge in [0.15, 0.2) is 0 Å². The zero-order valence-corrected chi connectivity index (χ0v) is 12.1. The lowest BCUT2D eigenvalue weighted by Crippen LogP contribution is -2.52. The van der Waals surface area contributed by atoms with Crippen molar-refractivity contribution in [1.82, 2.24) is 9.80 Å². The fraction of sp³-hybridized carbons (Fsp3) is 0.533. The molecule has 0 bridgehead atoms. The lowest BCUT2D eigenvalue weighted by Gasteiger charge is -2.35. The van der Waals surface area contributed by atoms with Crippen LogP contribution in [0.25, 0.3) is 0 Å². The van der Waals surface area contributed by atoms with Crippen molar-refractivity contribution in [3.05, 3.63) is 29.8 Å². The Labute approximate surface area is 115 Å². The van der Waals surface area contributed by atoms with E-state index in [-0.39, 0.29) is 6.03 Å². The molecule has 0 unspecified atom stereocenters. The number of rotatable bonds is 2. The molecule has 0 spiro atoms. The topological polar surface area (TPSA) is 26.8 Å². The molecule has 2 amide bonds. The number of benzene rings is 1. The molecule has 104 valence electrons. The third kappa shape index (κ3) is 3.26. The summed E-state index contributed by atoms with van der Waals surface area (Å²) in [7, 11) is 2.10. The first-order valence-corrected chi connectivity index (χ1v) is 6.93. The van der Waals surface area contributed by atoms with Crippen LogP contribution in [0.1, 0.15) is 12.5 Å². The van der Waals surface area contributed by atoms with Gasteiger partial charge in [-0.25, -0.2) is 4.79 Å². The van der Waals surface area contributed by atoms with Crippen LogP contribution in [0.15, 0.2) is 24.3 Å². The maximum absolute atomic E-state index is 12.6. The van der Waals surface area contributed by atoms with Crippen molar-refractivity contribution in [3.63, 3.8) is 0 Å². The number of likely N-dealkylation sites (N-methyl/N-ethyl adjacent to an activating group) is 1. The van der Waals surface area contributed by atoms with Gasteiger partial charge in [-0.2, -0.15) is 0 Å². The Bertz CT molecular complexity index is 422. The van der Waals surface area contributed by atoms with Crippen molar-refractivity contribution in [1.29, 1.82) is 0 Å². The van der Waals surface area contributed by atoms with E-state index in [1.54, 1.807) is 0 Å². The van der Waals surface area contributed by atoms with Crippen LogP contribution in [0.3, 0.4) is 0 Å². The number of nitrogens with zero attached hydrogens (tertiary/aromatic N) is 3. The second-order valence-electron chi connectivity index (χ2n) is 5.15. The van der Waals surface area contributed by atoms with E-state index in [0.717, 1.165) is 31.9 Å². The van der Waals surface area contributed by atoms with Crippen LogP contribution in [-0.4, -0.2) is 55.6 Å². The Kier molecular flexibility index (Phi) is 4.43. The lowest BCUT2D eigenvalue weighted by molar-refractivity contribution is 0.159. The van der Waals surface area contributed by atoms with Gasteiger partial charge in [0.05, 0.1) is 0 Å². The number of carbonyl (C=O) groups excluding carboxylic acids is 1. The smallest absolute Gasteiger partial charge is 0.322 e. The monoisotopic (exact) mass is 261 g/mol. The predicted molar refractivity (Wildman–Crippen MR) is 78.7 cm³/mol. The number of hydrogen-bond acceptors (Lipinski definition) is 2. The van der Waals surface area contributed by atoms with Gasteiger partial charge in [-0.05, 0) is 33.0 Å². The molecule has 0 radical (unpaired) electrons. The number of urea groups is 1. The average molecular weight is 261 g/mol. The normalized spacial score (nSPS) is 16.5.